The summed E-state index contributed by atoms with van der Waals surface area (Å²) < 4.78 is 9.76. The minimum atomic E-state index is 0.672. The van der Waals surface area contributed by atoms with Gasteiger partial charge < -0.3 is 0 Å². The lowest BCUT2D eigenvalue weighted by Gasteiger charge is -2.13. The van der Waals surface area contributed by atoms with E-state index in [-0.39, 0.29) is 0 Å². The molecule has 0 atom stereocenters. The molecule has 6 heteroatoms. The van der Waals surface area contributed by atoms with Gasteiger partial charge in [0.2, 0.25) is 0 Å². The van der Waals surface area contributed by atoms with E-state index in [2.05, 4.69) is 176 Å². The summed E-state index contributed by atoms with van der Waals surface area (Å²) in [5.41, 5.74) is 16.1. The van der Waals surface area contributed by atoms with Gasteiger partial charge in [0.15, 0.2) is 5.82 Å². The van der Waals surface area contributed by atoms with E-state index in [0.29, 0.717) is 5.82 Å². The van der Waals surface area contributed by atoms with Gasteiger partial charge in [-0.3, -0.25) is 0 Å². The van der Waals surface area contributed by atoms with Gasteiger partial charge in [0, 0.05) is 44.0 Å². The van der Waals surface area contributed by atoms with Gasteiger partial charge in [0.05, 0.1) is 34.3 Å². The second-order valence-corrected chi connectivity index (χ2v) is 15.1. The molecule has 8 aromatic carbocycles. The average molecular weight is 772 g/mol. The molecule has 5 nitrogen and oxygen atoms in total. The van der Waals surface area contributed by atoms with Crippen LogP contribution in [0.3, 0.4) is 0 Å². The molecule has 0 N–H and O–H groups in total. The maximum Gasteiger partial charge on any atom is 0.160 e. The molecule has 0 fully saturated rings. The highest BCUT2D eigenvalue weighted by molar-refractivity contribution is 7.00. The van der Waals surface area contributed by atoms with Crippen molar-refractivity contribution in [3.63, 3.8) is 0 Å². The monoisotopic (exact) mass is 771 g/mol. The van der Waals surface area contributed by atoms with Crippen molar-refractivity contribution in [2.45, 2.75) is 0 Å². The Labute approximate surface area is 345 Å². The molecule has 11 rings (SSSR count). The fraction of sp³-hybridized carbons (Fsp3) is 0. The largest absolute Gasteiger partial charge is 0.247 e. The number of rotatable bonds is 7. The molecule has 0 saturated heterocycles. The molecule has 0 unspecified atom stereocenters. The van der Waals surface area contributed by atoms with Crippen LogP contribution in [-0.4, -0.2) is 23.7 Å². The van der Waals surface area contributed by atoms with Crippen molar-refractivity contribution in [3.05, 3.63) is 200 Å². The molecule has 0 aliphatic rings. The first-order valence-electron chi connectivity index (χ1n) is 19.6. The second kappa shape index (κ2) is 14.7. The van der Waals surface area contributed by atoms with Crippen LogP contribution < -0.4 is 0 Å². The van der Waals surface area contributed by atoms with Crippen LogP contribution in [0.25, 0.3) is 111 Å². The summed E-state index contributed by atoms with van der Waals surface area (Å²) in [4.78, 5) is 15.5. The second-order valence-electron chi connectivity index (χ2n) is 14.6. The molecule has 0 aliphatic heterocycles. The van der Waals surface area contributed by atoms with Crippen LogP contribution in [0.5, 0.6) is 0 Å². The van der Waals surface area contributed by atoms with Gasteiger partial charge in [-0.05, 0) is 46.0 Å². The van der Waals surface area contributed by atoms with Crippen LogP contribution in [0.15, 0.2) is 200 Å². The quantitative estimate of drug-likeness (QED) is 0.151. The van der Waals surface area contributed by atoms with Gasteiger partial charge in [-0.1, -0.05) is 182 Å². The first kappa shape index (κ1) is 34.6. The van der Waals surface area contributed by atoms with E-state index in [1.807, 2.05) is 24.3 Å². The topological polar surface area (TPSA) is 64.5 Å². The molecular formula is C53H33N5S. The highest BCUT2D eigenvalue weighted by Crippen LogP contribution is 2.41. The van der Waals surface area contributed by atoms with Crippen LogP contribution in [0, 0.1) is 0 Å². The molecule has 59 heavy (non-hydrogen) atoms. The van der Waals surface area contributed by atoms with E-state index >= 15 is 0 Å². The van der Waals surface area contributed by atoms with Crippen molar-refractivity contribution in [2.24, 2.45) is 0 Å². The Morgan fingerprint density at radius 1 is 0.322 bits per heavy atom. The maximum absolute atomic E-state index is 5.20. The highest BCUT2D eigenvalue weighted by Gasteiger charge is 2.20. The molecule has 0 bridgehead atoms. The summed E-state index contributed by atoms with van der Waals surface area (Å²) in [6, 6.07) is 69.6. The minimum Gasteiger partial charge on any atom is -0.247 e. The molecule has 0 spiro atoms. The van der Waals surface area contributed by atoms with Crippen LogP contribution in [-0.2, 0) is 0 Å². The van der Waals surface area contributed by atoms with Gasteiger partial charge in [0.25, 0.3) is 0 Å². The number of hydrogen-bond acceptors (Lipinski definition) is 6. The number of pyridine rings is 1. The molecule has 0 saturated carbocycles. The lowest BCUT2D eigenvalue weighted by atomic mass is 9.93. The van der Waals surface area contributed by atoms with Gasteiger partial charge in [-0.15, -0.1) is 0 Å². The Hall–Kier alpha value is -7.67. The Morgan fingerprint density at radius 2 is 0.780 bits per heavy atom. The molecule has 0 aliphatic carbocycles. The predicted octanol–water partition coefficient (Wildman–Crippen LogP) is 13.9. The summed E-state index contributed by atoms with van der Waals surface area (Å²) in [6.07, 6.45) is 0. The van der Waals surface area contributed by atoms with Crippen LogP contribution in [0.2, 0.25) is 0 Å². The van der Waals surface area contributed by atoms with E-state index in [4.69, 9.17) is 23.7 Å². The lowest BCUT2D eigenvalue weighted by molar-refractivity contribution is 1.18. The van der Waals surface area contributed by atoms with Crippen molar-refractivity contribution in [2.75, 3.05) is 0 Å². The molecule has 0 radical (unpaired) electrons. The van der Waals surface area contributed by atoms with Crippen molar-refractivity contribution in [3.8, 4) is 78.5 Å². The number of aromatic nitrogens is 5. The molecular weight excluding hydrogens is 739 g/mol. The first-order valence-corrected chi connectivity index (χ1v) is 20.3. The maximum atomic E-state index is 5.20. The van der Waals surface area contributed by atoms with Crippen molar-refractivity contribution in [1.82, 2.24) is 23.7 Å². The standard InChI is InChI=1S/C53H33N5S/c1-4-12-34(13-5-1)36-20-26-39(27-21-36)47-33-48(56-53(55-47)42-30-22-37(23-31-42)35-14-6-2-7-15-35)40-28-24-38(25-29-40)44-32-45-49(52-51(44)57-59-58-52)43-18-10-11-19-46(43)54-50(45)41-16-8-3-9-17-41/h1-33H. The Kier molecular flexibility index (Phi) is 8.60. The fourth-order valence-electron chi connectivity index (χ4n) is 8.00. The normalized spacial score (nSPS) is 11.4. The van der Waals surface area contributed by atoms with Gasteiger partial charge in [0.1, 0.15) is 11.0 Å². The molecule has 0 amide bonds. The molecule has 3 aromatic heterocycles. The molecule has 276 valence electrons. The van der Waals surface area contributed by atoms with Gasteiger partial charge >= 0.3 is 0 Å². The van der Waals surface area contributed by atoms with Crippen molar-refractivity contribution in [1.29, 1.82) is 0 Å². The highest BCUT2D eigenvalue weighted by atomic mass is 32.1. The summed E-state index contributed by atoms with van der Waals surface area (Å²) in [7, 11) is 0. The molecule has 3 heterocycles. The number of fused-ring (bicyclic) bond motifs is 5. The number of benzene rings is 8. The van der Waals surface area contributed by atoms with E-state index < -0.39 is 0 Å². The summed E-state index contributed by atoms with van der Waals surface area (Å²) in [6.45, 7) is 0. The smallest absolute Gasteiger partial charge is 0.160 e. The third-order valence-corrected chi connectivity index (χ3v) is 11.5. The zero-order valence-corrected chi connectivity index (χ0v) is 32.5. The zero-order valence-electron chi connectivity index (χ0n) is 31.7. The zero-order chi connectivity index (χ0) is 39.1. The van der Waals surface area contributed by atoms with E-state index in [0.717, 1.165) is 94.3 Å². The molecule has 11 aromatic rings. The third kappa shape index (κ3) is 6.42. The SMILES string of the molecule is c1ccc(-c2ccc(-c3cc(-c4ccc(-c5cc6c(-c7ccccc7)nc7ccccc7c6c6nsnc56)cc4)nc(-c4ccc(-c5ccccc5)cc4)n3)cc2)cc1. The Bertz CT molecular complexity index is 3170. The van der Waals surface area contributed by atoms with Crippen LogP contribution in [0.4, 0.5) is 0 Å². The Morgan fingerprint density at radius 3 is 1.37 bits per heavy atom. The van der Waals surface area contributed by atoms with E-state index in [1.54, 1.807) is 0 Å². The average Bonchev–Trinajstić information content (AvgIpc) is 3.82. The number of para-hydroxylation sites is 1. The van der Waals surface area contributed by atoms with Crippen LogP contribution in [0.1, 0.15) is 0 Å². The number of nitrogens with zero attached hydrogens (tertiary/aromatic N) is 5. The van der Waals surface area contributed by atoms with Crippen molar-refractivity contribution < 1.29 is 0 Å². The van der Waals surface area contributed by atoms with E-state index in [1.165, 1.54) is 22.9 Å². The third-order valence-electron chi connectivity index (χ3n) is 11.0. The lowest BCUT2D eigenvalue weighted by Crippen LogP contribution is -1.96. The first-order chi connectivity index (χ1) is 29.2. The van der Waals surface area contributed by atoms with Gasteiger partial charge in [-0.2, -0.15) is 8.75 Å². The van der Waals surface area contributed by atoms with Crippen molar-refractivity contribution >= 4 is 44.4 Å². The number of hydrogen-bond donors (Lipinski definition) is 0. The minimum absolute atomic E-state index is 0.672. The van der Waals surface area contributed by atoms with Crippen LogP contribution >= 0.6 is 11.7 Å². The fourth-order valence-corrected chi connectivity index (χ4v) is 8.57. The predicted molar refractivity (Wildman–Crippen MR) is 244 cm³/mol. The van der Waals surface area contributed by atoms with E-state index in [9.17, 15) is 0 Å². The van der Waals surface area contributed by atoms with Gasteiger partial charge in [-0.25, -0.2) is 15.0 Å². The summed E-state index contributed by atoms with van der Waals surface area (Å²) in [5.74, 6) is 0.672. The summed E-state index contributed by atoms with van der Waals surface area (Å²) >= 11 is 1.25. The Balaban J connectivity index is 1.02. The summed E-state index contributed by atoms with van der Waals surface area (Å²) in [5, 5.41) is 3.20.